The number of methoxy groups -OCH3 is 1. The number of hydrogen-bond acceptors (Lipinski definition) is 4. The van der Waals surface area contributed by atoms with Gasteiger partial charge in [0.25, 0.3) is 0 Å². The van der Waals surface area contributed by atoms with E-state index >= 15 is 0 Å². The monoisotopic (exact) mass is 396 g/mol. The Balaban J connectivity index is 1.73. The molecule has 0 unspecified atom stereocenters. The lowest BCUT2D eigenvalue weighted by atomic mass is 9.70. The van der Waals surface area contributed by atoms with Gasteiger partial charge in [-0.2, -0.15) is 0 Å². The Labute approximate surface area is 163 Å². The Morgan fingerprint density at radius 2 is 1.67 bits per heavy atom. The minimum atomic E-state index is -3.59. The Bertz CT molecular complexity index is 715. The molecule has 0 radical (unpaired) electrons. The molecule has 7 heteroatoms. The van der Waals surface area contributed by atoms with Gasteiger partial charge in [0.2, 0.25) is 15.9 Å². The molecule has 2 N–H and O–H groups in total. The van der Waals surface area contributed by atoms with Crippen molar-refractivity contribution >= 4 is 15.9 Å². The fraction of sp³-hybridized carbons (Fsp3) is 0.650. The first-order valence-corrected chi connectivity index (χ1v) is 11.0. The van der Waals surface area contributed by atoms with Crippen molar-refractivity contribution in [1.82, 2.24) is 10.0 Å². The lowest BCUT2D eigenvalue weighted by Crippen LogP contribution is -2.39. The molecule has 1 aliphatic rings. The zero-order valence-corrected chi connectivity index (χ0v) is 17.6. The van der Waals surface area contributed by atoms with Gasteiger partial charge < -0.3 is 10.1 Å². The average Bonchev–Trinajstić information content (AvgIpc) is 2.64. The molecular weight excluding hydrogens is 364 g/mol. The van der Waals surface area contributed by atoms with Crippen LogP contribution in [0.4, 0.5) is 0 Å². The van der Waals surface area contributed by atoms with E-state index in [0.717, 1.165) is 25.7 Å². The second kappa shape index (κ2) is 9.06. The van der Waals surface area contributed by atoms with Gasteiger partial charge in [-0.3, -0.25) is 4.79 Å². The summed E-state index contributed by atoms with van der Waals surface area (Å²) in [5, 5.41) is 2.86. The Morgan fingerprint density at radius 3 is 2.19 bits per heavy atom. The largest absolute Gasteiger partial charge is 0.497 e. The molecule has 0 heterocycles. The third kappa shape index (κ3) is 6.21. The predicted octanol–water partition coefficient (Wildman–Crippen LogP) is 2.94. The molecular formula is C20H32N2O4S. The van der Waals surface area contributed by atoms with Gasteiger partial charge in [-0.15, -0.1) is 0 Å². The van der Waals surface area contributed by atoms with Gasteiger partial charge in [0.1, 0.15) is 5.75 Å². The number of nitrogens with one attached hydrogen (secondary N) is 2. The van der Waals surface area contributed by atoms with E-state index in [2.05, 4.69) is 30.8 Å². The van der Waals surface area contributed by atoms with Gasteiger partial charge in [-0.1, -0.05) is 20.8 Å². The normalized spacial score (nSPS) is 20.9. The van der Waals surface area contributed by atoms with Gasteiger partial charge >= 0.3 is 0 Å². The van der Waals surface area contributed by atoms with Crippen molar-refractivity contribution in [3.8, 4) is 5.75 Å². The fourth-order valence-electron chi connectivity index (χ4n) is 3.58. The molecule has 0 atom stereocenters. The van der Waals surface area contributed by atoms with Crippen LogP contribution in [0.15, 0.2) is 29.2 Å². The van der Waals surface area contributed by atoms with Crippen LogP contribution in [-0.4, -0.2) is 34.5 Å². The summed E-state index contributed by atoms with van der Waals surface area (Å²) in [4.78, 5) is 12.5. The molecule has 1 fully saturated rings. The van der Waals surface area contributed by atoms with Crippen LogP contribution >= 0.6 is 0 Å². The summed E-state index contributed by atoms with van der Waals surface area (Å²) in [5.41, 5.74) is 0.293. The minimum absolute atomic E-state index is 0.0333. The van der Waals surface area contributed by atoms with Gasteiger partial charge in [0, 0.05) is 19.0 Å². The van der Waals surface area contributed by atoms with Crippen LogP contribution in [-0.2, 0) is 14.8 Å². The van der Waals surface area contributed by atoms with Crippen LogP contribution in [0, 0.1) is 17.3 Å². The van der Waals surface area contributed by atoms with Gasteiger partial charge in [-0.25, -0.2) is 13.1 Å². The van der Waals surface area contributed by atoms with Gasteiger partial charge in [0.15, 0.2) is 0 Å². The highest BCUT2D eigenvalue weighted by atomic mass is 32.2. The van der Waals surface area contributed by atoms with E-state index in [1.165, 1.54) is 19.2 Å². The maximum Gasteiger partial charge on any atom is 0.240 e. The van der Waals surface area contributed by atoms with Crippen molar-refractivity contribution in [2.75, 3.05) is 20.2 Å². The summed E-state index contributed by atoms with van der Waals surface area (Å²) >= 11 is 0. The van der Waals surface area contributed by atoms with E-state index in [9.17, 15) is 13.2 Å². The van der Waals surface area contributed by atoms with E-state index in [0.29, 0.717) is 17.1 Å². The Morgan fingerprint density at radius 1 is 1.07 bits per heavy atom. The second-order valence-electron chi connectivity index (χ2n) is 8.28. The summed E-state index contributed by atoms with van der Waals surface area (Å²) in [7, 11) is -2.06. The number of sulfonamides is 1. The molecule has 2 rings (SSSR count). The number of benzene rings is 1. The molecule has 152 valence electrons. The molecule has 0 spiro atoms. The predicted molar refractivity (Wildman–Crippen MR) is 106 cm³/mol. The molecule has 0 aliphatic heterocycles. The maximum atomic E-state index is 12.3. The zero-order valence-electron chi connectivity index (χ0n) is 16.7. The topological polar surface area (TPSA) is 84.5 Å². The summed E-state index contributed by atoms with van der Waals surface area (Å²) in [6.45, 7) is 7.22. The molecule has 1 aliphatic carbocycles. The SMILES string of the molecule is COc1ccc(S(=O)(=O)NCCNC(=O)C2CCC(C(C)(C)C)CC2)cc1. The van der Waals surface area contributed by atoms with E-state index in [1.54, 1.807) is 12.1 Å². The Kier molecular flexibility index (Phi) is 7.28. The van der Waals surface area contributed by atoms with Crippen molar-refractivity contribution in [2.45, 2.75) is 51.3 Å². The number of amides is 1. The zero-order chi connectivity index (χ0) is 20.1. The number of ether oxygens (including phenoxy) is 1. The number of rotatable bonds is 7. The quantitative estimate of drug-likeness (QED) is 0.694. The summed E-state index contributed by atoms with van der Waals surface area (Å²) in [6.07, 6.45) is 3.97. The average molecular weight is 397 g/mol. The van der Waals surface area contributed by atoms with E-state index < -0.39 is 10.0 Å². The molecule has 1 amide bonds. The van der Waals surface area contributed by atoms with Crippen LogP contribution in [0.1, 0.15) is 46.5 Å². The smallest absolute Gasteiger partial charge is 0.240 e. The fourth-order valence-corrected chi connectivity index (χ4v) is 4.61. The van der Waals surface area contributed by atoms with Gasteiger partial charge in [0.05, 0.1) is 12.0 Å². The standard InChI is InChI=1S/C20H32N2O4S/c1-20(2,3)16-7-5-15(6-8-16)19(23)21-13-14-22-27(24,25)18-11-9-17(26-4)10-12-18/h9-12,15-16,22H,5-8,13-14H2,1-4H3,(H,21,23). The molecule has 6 nitrogen and oxygen atoms in total. The molecule has 0 aromatic heterocycles. The number of carbonyl (C=O) groups is 1. The van der Waals surface area contributed by atoms with E-state index in [4.69, 9.17) is 4.74 Å². The van der Waals surface area contributed by atoms with Gasteiger partial charge in [-0.05, 0) is 61.3 Å². The van der Waals surface area contributed by atoms with Crippen LogP contribution in [0.5, 0.6) is 5.75 Å². The molecule has 1 saturated carbocycles. The number of carbonyl (C=O) groups excluding carboxylic acids is 1. The number of hydrogen-bond donors (Lipinski definition) is 2. The van der Waals surface area contributed by atoms with E-state index in [1.807, 2.05) is 0 Å². The van der Waals surface area contributed by atoms with Crippen LogP contribution < -0.4 is 14.8 Å². The van der Waals surface area contributed by atoms with Crippen molar-refractivity contribution < 1.29 is 17.9 Å². The first-order chi connectivity index (χ1) is 12.6. The summed E-state index contributed by atoms with van der Waals surface area (Å²) in [5.74, 6) is 1.34. The summed E-state index contributed by atoms with van der Waals surface area (Å²) in [6, 6.07) is 6.19. The first kappa shape index (κ1) is 21.7. The lowest BCUT2D eigenvalue weighted by Gasteiger charge is -2.36. The van der Waals surface area contributed by atoms with Crippen molar-refractivity contribution in [3.63, 3.8) is 0 Å². The molecule has 0 saturated heterocycles. The van der Waals surface area contributed by atoms with Crippen molar-refractivity contribution in [3.05, 3.63) is 24.3 Å². The summed E-state index contributed by atoms with van der Waals surface area (Å²) < 4.78 is 32.0. The highest BCUT2D eigenvalue weighted by molar-refractivity contribution is 7.89. The molecule has 27 heavy (non-hydrogen) atoms. The first-order valence-electron chi connectivity index (χ1n) is 9.55. The third-order valence-electron chi connectivity index (χ3n) is 5.41. The van der Waals surface area contributed by atoms with E-state index in [-0.39, 0.29) is 29.8 Å². The molecule has 1 aromatic rings. The van der Waals surface area contributed by atoms with Crippen LogP contribution in [0.2, 0.25) is 0 Å². The maximum absolute atomic E-state index is 12.3. The molecule has 1 aromatic carbocycles. The van der Waals surface area contributed by atoms with Crippen molar-refractivity contribution in [1.29, 1.82) is 0 Å². The minimum Gasteiger partial charge on any atom is -0.497 e. The molecule has 0 bridgehead atoms. The van der Waals surface area contributed by atoms with Crippen molar-refractivity contribution in [2.24, 2.45) is 17.3 Å². The highest BCUT2D eigenvalue weighted by Crippen LogP contribution is 2.39. The highest BCUT2D eigenvalue weighted by Gasteiger charge is 2.32. The van der Waals surface area contributed by atoms with Crippen LogP contribution in [0.3, 0.4) is 0 Å². The lowest BCUT2D eigenvalue weighted by molar-refractivity contribution is -0.126. The Hall–Kier alpha value is -1.60. The second-order valence-corrected chi connectivity index (χ2v) is 10.0. The van der Waals surface area contributed by atoms with Crippen LogP contribution in [0.25, 0.3) is 0 Å². The third-order valence-corrected chi connectivity index (χ3v) is 6.89.